The summed E-state index contributed by atoms with van der Waals surface area (Å²) in [7, 11) is 0. The van der Waals surface area contributed by atoms with E-state index in [2.05, 4.69) is 10.6 Å². The fourth-order valence-electron chi connectivity index (χ4n) is 2.46. The van der Waals surface area contributed by atoms with E-state index < -0.39 is 0 Å². The summed E-state index contributed by atoms with van der Waals surface area (Å²) in [6, 6.07) is 6.14. The minimum Gasteiger partial charge on any atom is -0.326 e. The van der Waals surface area contributed by atoms with Crippen LogP contribution in [0.1, 0.15) is 37.7 Å². The second-order valence-electron chi connectivity index (χ2n) is 5.19. The molecule has 1 aromatic rings. The van der Waals surface area contributed by atoms with Gasteiger partial charge in [0, 0.05) is 29.7 Å². The highest BCUT2D eigenvalue weighted by molar-refractivity contribution is 6.31. The average Bonchev–Trinajstić information content (AvgIpc) is 2.87. The molecule has 0 radical (unpaired) electrons. The zero-order valence-electron chi connectivity index (χ0n) is 11.3. The number of benzene rings is 1. The van der Waals surface area contributed by atoms with Crippen molar-refractivity contribution in [1.29, 1.82) is 0 Å². The van der Waals surface area contributed by atoms with Gasteiger partial charge in [-0.15, -0.1) is 0 Å². The third kappa shape index (κ3) is 4.51. The summed E-state index contributed by atoms with van der Waals surface area (Å²) in [5.74, 6) is 0.0378. The van der Waals surface area contributed by atoms with Crippen LogP contribution < -0.4 is 10.6 Å². The van der Waals surface area contributed by atoms with Crippen molar-refractivity contribution >= 4 is 23.2 Å². The summed E-state index contributed by atoms with van der Waals surface area (Å²) in [5.41, 5.74) is 1.83. The molecule has 1 aliphatic rings. The molecule has 0 atom stereocenters. The Morgan fingerprint density at radius 3 is 2.84 bits per heavy atom. The number of carbonyl (C=O) groups is 1. The molecule has 1 aliphatic carbocycles. The van der Waals surface area contributed by atoms with Gasteiger partial charge in [-0.05, 0) is 37.5 Å². The topological polar surface area (TPSA) is 41.1 Å². The van der Waals surface area contributed by atoms with Crippen LogP contribution in [0.3, 0.4) is 0 Å². The number of nitrogens with one attached hydrogen (secondary N) is 2. The van der Waals surface area contributed by atoms with Gasteiger partial charge in [0.1, 0.15) is 0 Å². The van der Waals surface area contributed by atoms with E-state index in [1.54, 1.807) is 6.07 Å². The third-order valence-electron chi connectivity index (χ3n) is 3.61. The first-order valence-electron chi connectivity index (χ1n) is 6.94. The summed E-state index contributed by atoms with van der Waals surface area (Å²) in [5, 5.41) is 6.99. The fraction of sp³-hybridized carbons (Fsp3) is 0.533. The van der Waals surface area contributed by atoms with Crippen LogP contribution in [0.5, 0.6) is 0 Å². The van der Waals surface area contributed by atoms with Crippen molar-refractivity contribution < 1.29 is 4.79 Å². The van der Waals surface area contributed by atoms with E-state index >= 15 is 0 Å². The van der Waals surface area contributed by atoms with E-state index in [0.717, 1.165) is 17.8 Å². The highest BCUT2D eigenvalue weighted by Crippen LogP contribution is 2.20. The van der Waals surface area contributed by atoms with Gasteiger partial charge in [0.2, 0.25) is 5.91 Å². The van der Waals surface area contributed by atoms with E-state index in [1.165, 1.54) is 25.7 Å². The van der Waals surface area contributed by atoms with Crippen molar-refractivity contribution in [3.05, 3.63) is 28.8 Å². The number of carbonyl (C=O) groups excluding carboxylic acids is 1. The smallest absolute Gasteiger partial charge is 0.225 e. The Hall–Kier alpha value is -1.06. The fourth-order valence-corrected chi connectivity index (χ4v) is 2.63. The van der Waals surface area contributed by atoms with Gasteiger partial charge >= 0.3 is 0 Å². The van der Waals surface area contributed by atoms with Crippen LogP contribution >= 0.6 is 11.6 Å². The maximum atomic E-state index is 11.9. The molecule has 3 nitrogen and oxygen atoms in total. The predicted octanol–water partition coefficient (Wildman–Crippen LogP) is 3.51. The van der Waals surface area contributed by atoms with E-state index in [0.29, 0.717) is 17.5 Å². The van der Waals surface area contributed by atoms with E-state index in [-0.39, 0.29) is 5.91 Å². The van der Waals surface area contributed by atoms with Crippen LogP contribution in [0.25, 0.3) is 0 Å². The first-order chi connectivity index (χ1) is 9.15. The largest absolute Gasteiger partial charge is 0.326 e. The summed E-state index contributed by atoms with van der Waals surface area (Å²) in [6.45, 7) is 2.71. The van der Waals surface area contributed by atoms with Gasteiger partial charge in [-0.1, -0.05) is 30.5 Å². The van der Waals surface area contributed by atoms with Gasteiger partial charge in [-0.2, -0.15) is 0 Å². The molecule has 1 saturated carbocycles. The Morgan fingerprint density at radius 2 is 2.11 bits per heavy atom. The first-order valence-corrected chi connectivity index (χ1v) is 7.32. The molecular weight excluding hydrogens is 260 g/mol. The van der Waals surface area contributed by atoms with E-state index in [9.17, 15) is 4.79 Å². The van der Waals surface area contributed by atoms with Crippen LogP contribution in [0.4, 0.5) is 5.69 Å². The van der Waals surface area contributed by atoms with Crippen LogP contribution in [0.15, 0.2) is 18.2 Å². The number of anilines is 1. The molecule has 1 amide bonds. The number of rotatable bonds is 5. The van der Waals surface area contributed by atoms with Crippen molar-refractivity contribution in [2.75, 3.05) is 11.9 Å². The Labute approximate surface area is 119 Å². The van der Waals surface area contributed by atoms with Crippen molar-refractivity contribution in [1.82, 2.24) is 5.32 Å². The van der Waals surface area contributed by atoms with E-state index in [1.807, 2.05) is 19.1 Å². The molecule has 0 heterocycles. The number of amides is 1. The van der Waals surface area contributed by atoms with Gasteiger partial charge in [-0.3, -0.25) is 4.79 Å². The summed E-state index contributed by atoms with van der Waals surface area (Å²) >= 11 is 5.93. The molecule has 2 rings (SSSR count). The monoisotopic (exact) mass is 280 g/mol. The molecule has 1 fully saturated rings. The molecule has 2 N–H and O–H groups in total. The minimum atomic E-state index is 0.0378. The lowest BCUT2D eigenvalue weighted by molar-refractivity contribution is -0.116. The summed E-state index contributed by atoms with van der Waals surface area (Å²) in [6.07, 6.45) is 5.61. The molecule has 0 bridgehead atoms. The Balaban J connectivity index is 1.75. The van der Waals surface area contributed by atoms with Gasteiger partial charge in [0.15, 0.2) is 0 Å². The number of aryl methyl sites for hydroxylation is 1. The zero-order chi connectivity index (χ0) is 13.7. The van der Waals surface area contributed by atoms with Crippen LogP contribution in [-0.2, 0) is 4.79 Å². The molecule has 0 aromatic heterocycles. The normalized spacial score (nSPS) is 15.7. The highest BCUT2D eigenvalue weighted by atomic mass is 35.5. The van der Waals surface area contributed by atoms with Gasteiger partial charge in [-0.25, -0.2) is 0 Å². The second kappa shape index (κ2) is 6.92. The average molecular weight is 281 g/mol. The van der Waals surface area contributed by atoms with Crippen LogP contribution in [0.2, 0.25) is 5.02 Å². The Bertz CT molecular complexity index is 442. The molecule has 1 aromatic carbocycles. The first kappa shape index (κ1) is 14.4. The predicted molar refractivity (Wildman–Crippen MR) is 79.7 cm³/mol. The van der Waals surface area contributed by atoms with Crippen molar-refractivity contribution in [3.8, 4) is 0 Å². The lowest BCUT2D eigenvalue weighted by Gasteiger charge is -2.12. The van der Waals surface area contributed by atoms with Gasteiger partial charge < -0.3 is 10.6 Å². The standard InChI is InChI=1S/C15H21ClN2O/c1-11-6-7-12(16)10-14(11)18-15(19)8-9-17-13-4-2-3-5-13/h6-7,10,13,17H,2-5,8-9H2,1H3,(H,18,19). The summed E-state index contributed by atoms with van der Waals surface area (Å²) in [4.78, 5) is 11.9. The molecule has 0 aliphatic heterocycles. The number of halogens is 1. The number of hydrogen-bond acceptors (Lipinski definition) is 2. The van der Waals surface area contributed by atoms with Gasteiger partial charge in [0.25, 0.3) is 0 Å². The van der Waals surface area contributed by atoms with Crippen molar-refractivity contribution in [2.45, 2.75) is 45.1 Å². The highest BCUT2D eigenvalue weighted by Gasteiger charge is 2.14. The van der Waals surface area contributed by atoms with E-state index in [4.69, 9.17) is 11.6 Å². The zero-order valence-corrected chi connectivity index (χ0v) is 12.1. The molecule has 0 unspecified atom stereocenters. The molecule has 0 spiro atoms. The van der Waals surface area contributed by atoms with Gasteiger partial charge in [0.05, 0.1) is 0 Å². The summed E-state index contributed by atoms with van der Waals surface area (Å²) < 4.78 is 0. The number of hydrogen-bond donors (Lipinski definition) is 2. The second-order valence-corrected chi connectivity index (χ2v) is 5.63. The lowest BCUT2D eigenvalue weighted by Crippen LogP contribution is -2.29. The molecule has 0 saturated heterocycles. The lowest BCUT2D eigenvalue weighted by atomic mass is 10.2. The van der Waals surface area contributed by atoms with Crippen molar-refractivity contribution in [2.24, 2.45) is 0 Å². The molecule has 19 heavy (non-hydrogen) atoms. The van der Waals surface area contributed by atoms with Crippen LogP contribution in [-0.4, -0.2) is 18.5 Å². The Morgan fingerprint density at radius 1 is 1.37 bits per heavy atom. The molecule has 4 heteroatoms. The molecule has 104 valence electrons. The maximum Gasteiger partial charge on any atom is 0.225 e. The minimum absolute atomic E-state index is 0.0378. The SMILES string of the molecule is Cc1ccc(Cl)cc1NC(=O)CCNC1CCCC1. The van der Waals surface area contributed by atoms with Crippen molar-refractivity contribution in [3.63, 3.8) is 0 Å². The molecular formula is C15H21ClN2O. The van der Waals surface area contributed by atoms with Crippen LogP contribution in [0, 0.1) is 6.92 Å². The Kier molecular flexibility index (Phi) is 5.23. The quantitative estimate of drug-likeness (QED) is 0.867. The maximum absolute atomic E-state index is 11.9. The third-order valence-corrected chi connectivity index (χ3v) is 3.85.